The first-order chi connectivity index (χ1) is 9.49. The summed E-state index contributed by atoms with van der Waals surface area (Å²) < 4.78 is 5.14. The smallest absolute Gasteiger partial charge is 0.356 e. The van der Waals surface area contributed by atoms with Crippen molar-refractivity contribution >= 4 is 11.8 Å². The van der Waals surface area contributed by atoms with Gasteiger partial charge in [0.2, 0.25) is 0 Å². The molecule has 7 heteroatoms. The molecule has 0 amide bonds. The summed E-state index contributed by atoms with van der Waals surface area (Å²) in [6.45, 7) is 6.47. The number of carboxylic acid groups (broad SMARTS) is 1. The van der Waals surface area contributed by atoms with E-state index < -0.39 is 5.97 Å². The number of anilines is 1. The maximum Gasteiger partial charge on any atom is 0.356 e. The quantitative estimate of drug-likeness (QED) is 0.861. The van der Waals surface area contributed by atoms with E-state index in [0.29, 0.717) is 12.4 Å². The average molecular weight is 276 g/mol. The molecule has 1 atom stereocenters. The van der Waals surface area contributed by atoms with Crippen molar-refractivity contribution in [2.45, 2.75) is 26.7 Å². The van der Waals surface area contributed by atoms with Gasteiger partial charge in [0.1, 0.15) is 11.6 Å². The van der Waals surface area contributed by atoms with Crippen LogP contribution in [0.5, 0.6) is 0 Å². The molecule has 106 valence electrons. The lowest BCUT2D eigenvalue weighted by molar-refractivity contribution is 0.0690. The summed E-state index contributed by atoms with van der Waals surface area (Å²) in [5, 5.41) is 15.8. The lowest BCUT2D eigenvalue weighted by atomic mass is 10.00. The molecule has 2 aromatic heterocycles. The number of carboxylic acids is 1. The van der Waals surface area contributed by atoms with Crippen LogP contribution in [0.3, 0.4) is 0 Å². The molecule has 20 heavy (non-hydrogen) atoms. The predicted molar refractivity (Wildman–Crippen MR) is 71.9 cm³/mol. The normalized spacial score (nSPS) is 12.2. The molecule has 0 aliphatic heterocycles. The van der Waals surface area contributed by atoms with Gasteiger partial charge in [0.25, 0.3) is 0 Å². The first-order valence-corrected chi connectivity index (χ1v) is 6.21. The summed E-state index contributed by atoms with van der Waals surface area (Å²) in [4.78, 5) is 18.5. The number of nitrogens with one attached hydrogen (secondary N) is 1. The Hall–Kier alpha value is -2.44. The van der Waals surface area contributed by atoms with Crippen molar-refractivity contribution in [1.29, 1.82) is 0 Å². The molecule has 7 nitrogen and oxygen atoms in total. The topological polar surface area (TPSA) is 101 Å². The molecule has 0 aromatic carbocycles. The third kappa shape index (κ3) is 2.93. The molecule has 2 rings (SSSR count). The number of aromatic carboxylic acids is 1. The van der Waals surface area contributed by atoms with E-state index in [1.165, 1.54) is 12.4 Å². The van der Waals surface area contributed by atoms with Crippen molar-refractivity contribution in [3.05, 3.63) is 35.1 Å². The zero-order valence-corrected chi connectivity index (χ0v) is 11.5. The number of rotatable bonds is 5. The fourth-order valence-electron chi connectivity index (χ4n) is 2.08. The second-order valence-electron chi connectivity index (χ2n) is 4.61. The van der Waals surface area contributed by atoms with Crippen LogP contribution in [0.2, 0.25) is 0 Å². The molecule has 2 aromatic rings. The van der Waals surface area contributed by atoms with Gasteiger partial charge in [0.15, 0.2) is 5.69 Å². The molecule has 0 bridgehead atoms. The molecule has 2 heterocycles. The van der Waals surface area contributed by atoms with Gasteiger partial charge in [-0.2, -0.15) is 0 Å². The Morgan fingerprint density at radius 3 is 2.65 bits per heavy atom. The van der Waals surface area contributed by atoms with Gasteiger partial charge in [0, 0.05) is 18.0 Å². The predicted octanol–water partition coefficient (Wildman–Crippen LogP) is 2.00. The minimum Gasteiger partial charge on any atom is -0.476 e. The molecular weight excluding hydrogens is 260 g/mol. The molecule has 0 aliphatic carbocycles. The summed E-state index contributed by atoms with van der Waals surface area (Å²) in [5.41, 5.74) is 1.88. The van der Waals surface area contributed by atoms with E-state index in [-0.39, 0.29) is 11.6 Å². The molecular formula is C13H16N4O3. The van der Waals surface area contributed by atoms with Crippen LogP contribution in [0.1, 0.15) is 40.3 Å². The Morgan fingerprint density at radius 1 is 1.40 bits per heavy atom. The lowest BCUT2D eigenvalue weighted by Gasteiger charge is -2.12. The molecule has 0 fully saturated rings. The molecule has 1 unspecified atom stereocenters. The number of carbonyl (C=O) groups is 1. The first kappa shape index (κ1) is 14.0. The maximum atomic E-state index is 10.7. The monoisotopic (exact) mass is 276 g/mol. The highest BCUT2D eigenvalue weighted by atomic mass is 16.5. The number of nitrogens with zero attached hydrogens (tertiary/aromatic N) is 3. The van der Waals surface area contributed by atoms with Gasteiger partial charge in [-0.1, -0.05) is 12.1 Å². The standard InChI is InChI=1S/C13H16N4O3/c1-7(12-8(2)17-20-9(12)3)4-15-11-6-14-10(5-16-11)13(18)19/h5-7H,4H2,1-3H3,(H,15,16)(H,18,19). The maximum absolute atomic E-state index is 10.7. The molecule has 0 saturated heterocycles. The van der Waals surface area contributed by atoms with Crippen LogP contribution in [-0.4, -0.2) is 32.7 Å². The molecule has 0 saturated carbocycles. The number of hydrogen-bond donors (Lipinski definition) is 2. The Balaban J connectivity index is 2.00. The van der Waals surface area contributed by atoms with Crippen molar-refractivity contribution in [2.75, 3.05) is 11.9 Å². The third-order valence-corrected chi connectivity index (χ3v) is 3.04. The van der Waals surface area contributed by atoms with Crippen LogP contribution >= 0.6 is 0 Å². The largest absolute Gasteiger partial charge is 0.476 e. The van der Waals surface area contributed by atoms with Crippen molar-refractivity contribution in [3.8, 4) is 0 Å². The molecule has 0 aliphatic rings. The van der Waals surface area contributed by atoms with Crippen molar-refractivity contribution in [1.82, 2.24) is 15.1 Å². The van der Waals surface area contributed by atoms with Crippen LogP contribution in [-0.2, 0) is 0 Å². The summed E-state index contributed by atoms with van der Waals surface area (Å²) >= 11 is 0. The number of aryl methyl sites for hydroxylation is 2. The third-order valence-electron chi connectivity index (χ3n) is 3.04. The zero-order chi connectivity index (χ0) is 14.7. The minimum absolute atomic E-state index is 0.0747. The van der Waals surface area contributed by atoms with E-state index in [1.54, 1.807) is 0 Å². The second kappa shape index (κ2) is 5.68. The highest BCUT2D eigenvalue weighted by Crippen LogP contribution is 2.23. The van der Waals surface area contributed by atoms with Gasteiger partial charge in [0.05, 0.1) is 18.1 Å². The van der Waals surface area contributed by atoms with Crippen LogP contribution < -0.4 is 5.32 Å². The van der Waals surface area contributed by atoms with Gasteiger partial charge >= 0.3 is 5.97 Å². The van der Waals surface area contributed by atoms with Crippen molar-refractivity contribution < 1.29 is 14.4 Å². The minimum atomic E-state index is -1.09. The van der Waals surface area contributed by atoms with E-state index in [1.807, 2.05) is 13.8 Å². The Morgan fingerprint density at radius 2 is 2.15 bits per heavy atom. The van der Waals surface area contributed by atoms with Gasteiger partial charge in [-0.3, -0.25) is 0 Å². The fraction of sp³-hybridized carbons (Fsp3) is 0.385. The number of aromatic nitrogens is 3. The fourth-order valence-corrected chi connectivity index (χ4v) is 2.08. The van der Waals surface area contributed by atoms with E-state index >= 15 is 0 Å². The van der Waals surface area contributed by atoms with E-state index in [2.05, 4.69) is 27.4 Å². The summed E-state index contributed by atoms with van der Waals surface area (Å²) in [6.07, 6.45) is 2.63. The summed E-state index contributed by atoms with van der Waals surface area (Å²) in [5.74, 6) is 0.452. The SMILES string of the molecule is Cc1noc(C)c1C(C)CNc1cnc(C(=O)O)cn1. The zero-order valence-electron chi connectivity index (χ0n) is 11.5. The van der Waals surface area contributed by atoms with E-state index in [4.69, 9.17) is 9.63 Å². The van der Waals surface area contributed by atoms with Crippen molar-refractivity contribution in [2.24, 2.45) is 0 Å². The Bertz CT molecular complexity index is 587. The second-order valence-corrected chi connectivity index (χ2v) is 4.61. The van der Waals surface area contributed by atoms with E-state index in [0.717, 1.165) is 17.0 Å². The summed E-state index contributed by atoms with van der Waals surface area (Å²) in [6, 6.07) is 0. The highest BCUT2D eigenvalue weighted by Gasteiger charge is 2.16. The molecule has 0 radical (unpaired) electrons. The van der Waals surface area contributed by atoms with Gasteiger partial charge < -0.3 is 14.9 Å². The van der Waals surface area contributed by atoms with Crippen LogP contribution in [0.15, 0.2) is 16.9 Å². The Kier molecular flexibility index (Phi) is 3.97. The van der Waals surface area contributed by atoms with Gasteiger partial charge in [-0.25, -0.2) is 14.8 Å². The van der Waals surface area contributed by atoms with Crippen LogP contribution in [0, 0.1) is 13.8 Å². The van der Waals surface area contributed by atoms with Gasteiger partial charge in [-0.15, -0.1) is 0 Å². The average Bonchev–Trinajstić information content (AvgIpc) is 2.76. The Labute approximate surface area is 116 Å². The lowest BCUT2D eigenvalue weighted by Crippen LogP contribution is -2.13. The van der Waals surface area contributed by atoms with Gasteiger partial charge in [-0.05, 0) is 13.8 Å². The van der Waals surface area contributed by atoms with Crippen molar-refractivity contribution in [3.63, 3.8) is 0 Å². The first-order valence-electron chi connectivity index (χ1n) is 6.21. The number of hydrogen-bond acceptors (Lipinski definition) is 6. The molecule has 0 spiro atoms. The molecule has 2 N–H and O–H groups in total. The van der Waals surface area contributed by atoms with Crippen LogP contribution in [0.25, 0.3) is 0 Å². The van der Waals surface area contributed by atoms with E-state index in [9.17, 15) is 4.79 Å². The van der Waals surface area contributed by atoms with Crippen LogP contribution in [0.4, 0.5) is 5.82 Å². The highest BCUT2D eigenvalue weighted by molar-refractivity contribution is 5.84. The summed E-state index contributed by atoms with van der Waals surface area (Å²) in [7, 11) is 0.